The molecule has 7 nitrogen and oxygen atoms in total. The predicted molar refractivity (Wildman–Crippen MR) is 141 cm³/mol. The highest BCUT2D eigenvalue weighted by molar-refractivity contribution is 5.92. The minimum absolute atomic E-state index is 0.0151. The first kappa shape index (κ1) is 27.4. The fourth-order valence-electron chi connectivity index (χ4n) is 3.86. The van der Waals surface area contributed by atoms with Gasteiger partial charge in [0.05, 0.1) is 12.2 Å². The van der Waals surface area contributed by atoms with Crippen LogP contribution >= 0.6 is 0 Å². The SMILES string of the molecule is CCCCCCCCc1cnc(-c2ccc(C(=O)Oc3ccc(OCCC)c(C#N)c3C#N)cc2)nc1. The summed E-state index contributed by atoms with van der Waals surface area (Å²) in [5.41, 5.74) is 2.22. The lowest BCUT2D eigenvalue weighted by Crippen LogP contribution is -2.10. The second kappa shape index (κ2) is 14.4. The smallest absolute Gasteiger partial charge is 0.343 e. The summed E-state index contributed by atoms with van der Waals surface area (Å²) in [6.07, 6.45) is 13.0. The zero-order valence-electron chi connectivity index (χ0n) is 21.5. The molecule has 0 atom stereocenters. The molecule has 190 valence electrons. The van der Waals surface area contributed by atoms with Crippen molar-refractivity contribution < 1.29 is 14.3 Å². The van der Waals surface area contributed by atoms with Gasteiger partial charge in [0.15, 0.2) is 11.6 Å². The van der Waals surface area contributed by atoms with E-state index < -0.39 is 5.97 Å². The van der Waals surface area contributed by atoms with Crippen molar-refractivity contribution in [3.8, 4) is 35.0 Å². The quantitative estimate of drug-likeness (QED) is 0.145. The van der Waals surface area contributed by atoms with E-state index >= 15 is 0 Å². The van der Waals surface area contributed by atoms with E-state index in [1.54, 1.807) is 24.3 Å². The number of carbonyl (C=O) groups is 1. The fourth-order valence-corrected chi connectivity index (χ4v) is 3.86. The average Bonchev–Trinajstić information content (AvgIpc) is 2.94. The molecule has 2 aromatic carbocycles. The van der Waals surface area contributed by atoms with Gasteiger partial charge in [-0.05, 0) is 49.1 Å². The first-order chi connectivity index (χ1) is 18.1. The van der Waals surface area contributed by atoms with Crippen molar-refractivity contribution >= 4 is 5.97 Å². The third-order valence-electron chi connectivity index (χ3n) is 5.92. The highest BCUT2D eigenvalue weighted by atomic mass is 16.5. The van der Waals surface area contributed by atoms with E-state index in [0.29, 0.717) is 23.7 Å². The van der Waals surface area contributed by atoms with Gasteiger partial charge >= 0.3 is 5.97 Å². The first-order valence-electron chi connectivity index (χ1n) is 12.8. The first-order valence-corrected chi connectivity index (χ1v) is 12.8. The molecule has 0 amide bonds. The van der Waals surface area contributed by atoms with Gasteiger partial charge in [0.1, 0.15) is 29.0 Å². The minimum Gasteiger partial charge on any atom is -0.492 e. The topological polar surface area (TPSA) is 109 Å². The Labute approximate surface area is 218 Å². The second-order valence-electron chi connectivity index (χ2n) is 8.78. The minimum atomic E-state index is -0.635. The molecule has 3 aromatic rings. The standard InChI is InChI=1S/C30H32N4O3/c1-3-5-6-7-8-9-10-22-20-33-29(34-21-22)23-11-13-24(14-12-23)30(35)37-28-16-15-27(36-17-4-2)25(18-31)26(28)19-32/h11-16,20-21H,3-10,17H2,1-2H3. The van der Waals surface area contributed by atoms with Gasteiger partial charge in [-0.3, -0.25) is 0 Å². The summed E-state index contributed by atoms with van der Waals surface area (Å²) in [5.74, 6) is 0.258. The Morgan fingerprint density at radius 3 is 2.08 bits per heavy atom. The molecule has 1 aromatic heterocycles. The van der Waals surface area contributed by atoms with Crippen molar-refractivity contribution in [1.29, 1.82) is 10.5 Å². The Morgan fingerprint density at radius 1 is 0.811 bits per heavy atom. The van der Waals surface area contributed by atoms with Crippen molar-refractivity contribution in [2.45, 2.75) is 65.2 Å². The summed E-state index contributed by atoms with van der Waals surface area (Å²) in [5, 5.41) is 19.1. The van der Waals surface area contributed by atoms with Crippen LogP contribution in [0.5, 0.6) is 11.5 Å². The fraction of sp³-hybridized carbons (Fsp3) is 0.367. The lowest BCUT2D eigenvalue weighted by atomic mass is 10.1. The van der Waals surface area contributed by atoms with Crippen LogP contribution in [0.4, 0.5) is 0 Å². The van der Waals surface area contributed by atoms with E-state index in [2.05, 4.69) is 16.9 Å². The third-order valence-corrected chi connectivity index (χ3v) is 5.92. The summed E-state index contributed by atoms with van der Waals surface area (Å²) < 4.78 is 11.0. The van der Waals surface area contributed by atoms with E-state index in [0.717, 1.165) is 30.4 Å². The van der Waals surface area contributed by atoms with E-state index in [9.17, 15) is 15.3 Å². The van der Waals surface area contributed by atoms with Crippen LogP contribution in [-0.4, -0.2) is 22.5 Å². The molecule has 0 N–H and O–H groups in total. The molecule has 0 spiro atoms. The normalized spacial score (nSPS) is 10.4. The average molecular weight is 497 g/mol. The van der Waals surface area contributed by atoms with E-state index in [-0.39, 0.29) is 16.9 Å². The summed E-state index contributed by atoms with van der Waals surface area (Å²) in [6, 6.07) is 13.7. The lowest BCUT2D eigenvalue weighted by Gasteiger charge is -2.11. The summed E-state index contributed by atoms with van der Waals surface area (Å²) in [7, 11) is 0. The number of esters is 1. The van der Waals surface area contributed by atoms with Crippen LogP contribution in [0.2, 0.25) is 0 Å². The van der Waals surface area contributed by atoms with Crippen LogP contribution < -0.4 is 9.47 Å². The van der Waals surface area contributed by atoms with Gasteiger partial charge in [-0.1, -0.05) is 58.1 Å². The van der Waals surface area contributed by atoms with Crippen LogP contribution in [0.25, 0.3) is 11.4 Å². The Bertz CT molecular complexity index is 1260. The zero-order valence-corrected chi connectivity index (χ0v) is 21.5. The highest BCUT2D eigenvalue weighted by Gasteiger charge is 2.19. The molecule has 0 saturated heterocycles. The van der Waals surface area contributed by atoms with Crippen LogP contribution in [0.1, 0.15) is 85.8 Å². The Kier molecular flexibility index (Phi) is 10.6. The second-order valence-corrected chi connectivity index (χ2v) is 8.78. The maximum Gasteiger partial charge on any atom is 0.343 e. The number of aryl methyl sites for hydroxylation is 1. The van der Waals surface area contributed by atoms with Crippen molar-refractivity contribution in [1.82, 2.24) is 9.97 Å². The summed E-state index contributed by atoms with van der Waals surface area (Å²) >= 11 is 0. The van der Waals surface area contributed by atoms with Gasteiger partial charge in [0, 0.05) is 18.0 Å². The summed E-state index contributed by atoms with van der Waals surface area (Å²) in [4.78, 5) is 21.7. The molecule has 0 fully saturated rings. The van der Waals surface area contributed by atoms with Gasteiger partial charge in [-0.15, -0.1) is 0 Å². The maximum absolute atomic E-state index is 12.7. The zero-order chi connectivity index (χ0) is 26.5. The molecule has 0 aliphatic carbocycles. The number of nitrogens with zero attached hydrogens (tertiary/aromatic N) is 4. The van der Waals surface area contributed by atoms with Crippen LogP contribution in [-0.2, 0) is 6.42 Å². The van der Waals surface area contributed by atoms with Crippen molar-refractivity contribution in [3.05, 3.63) is 71.0 Å². The molecule has 0 unspecified atom stereocenters. The van der Waals surface area contributed by atoms with E-state index in [1.807, 2.05) is 31.5 Å². The third kappa shape index (κ3) is 7.62. The van der Waals surface area contributed by atoms with E-state index in [4.69, 9.17) is 9.47 Å². The number of nitriles is 2. The van der Waals surface area contributed by atoms with Gasteiger partial charge in [-0.25, -0.2) is 14.8 Å². The van der Waals surface area contributed by atoms with Crippen LogP contribution in [0, 0.1) is 22.7 Å². The molecular weight excluding hydrogens is 464 g/mol. The van der Waals surface area contributed by atoms with Crippen molar-refractivity contribution in [3.63, 3.8) is 0 Å². The predicted octanol–water partition coefficient (Wildman–Crippen LogP) is 6.80. The number of carbonyl (C=O) groups excluding carboxylic acids is 1. The molecule has 37 heavy (non-hydrogen) atoms. The molecule has 0 saturated carbocycles. The maximum atomic E-state index is 12.7. The van der Waals surface area contributed by atoms with Gasteiger partial charge in [-0.2, -0.15) is 10.5 Å². The molecule has 1 heterocycles. The van der Waals surface area contributed by atoms with Crippen LogP contribution in [0.3, 0.4) is 0 Å². The summed E-state index contributed by atoms with van der Waals surface area (Å²) in [6.45, 7) is 4.58. The van der Waals surface area contributed by atoms with Crippen molar-refractivity contribution in [2.75, 3.05) is 6.61 Å². The molecule has 0 aliphatic rings. The number of rotatable bonds is 13. The number of unbranched alkanes of at least 4 members (excludes halogenated alkanes) is 5. The largest absolute Gasteiger partial charge is 0.492 e. The Balaban J connectivity index is 1.63. The van der Waals surface area contributed by atoms with Gasteiger partial charge in [0.25, 0.3) is 0 Å². The van der Waals surface area contributed by atoms with Gasteiger partial charge < -0.3 is 9.47 Å². The number of hydrogen-bond acceptors (Lipinski definition) is 7. The molecule has 0 aliphatic heterocycles. The number of benzene rings is 2. The number of ether oxygens (including phenoxy) is 2. The molecule has 0 radical (unpaired) electrons. The molecule has 3 rings (SSSR count). The Hall–Kier alpha value is -4.23. The van der Waals surface area contributed by atoms with Crippen LogP contribution in [0.15, 0.2) is 48.8 Å². The van der Waals surface area contributed by atoms with E-state index in [1.165, 1.54) is 44.2 Å². The monoisotopic (exact) mass is 496 g/mol. The number of aromatic nitrogens is 2. The molecule has 7 heteroatoms. The molecular formula is C30H32N4O3. The Morgan fingerprint density at radius 2 is 1.43 bits per heavy atom. The molecule has 0 bridgehead atoms. The van der Waals surface area contributed by atoms with Gasteiger partial charge in [0.2, 0.25) is 0 Å². The highest BCUT2D eigenvalue weighted by Crippen LogP contribution is 2.30. The van der Waals surface area contributed by atoms with Crippen molar-refractivity contribution in [2.24, 2.45) is 0 Å². The lowest BCUT2D eigenvalue weighted by molar-refractivity contribution is 0.0734. The number of hydrogen-bond donors (Lipinski definition) is 0.